The van der Waals surface area contributed by atoms with E-state index in [1.165, 1.54) is 0 Å². The quantitative estimate of drug-likeness (QED) is 0.638. The molecule has 0 aromatic rings. The first-order valence-electron chi connectivity index (χ1n) is 4.79. The molecular weight excluding hydrogens is 168 g/mol. The summed E-state index contributed by atoms with van der Waals surface area (Å²) in [6.07, 6.45) is 3.59. The molecule has 0 atom stereocenters. The van der Waals surface area contributed by atoms with Gasteiger partial charge in [0.25, 0.3) is 5.91 Å². The maximum Gasteiger partial charge on any atom is 0.263 e. The first kappa shape index (κ1) is 10.5. The van der Waals surface area contributed by atoms with Crippen LogP contribution in [0, 0.1) is 0 Å². The molecule has 1 amide bonds. The Labute approximate surface area is 78.8 Å². The zero-order valence-electron chi connectivity index (χ0n) is 8.30. The number of rotatable bonds is 3. The molecule has 1 aliphatic rings. The summed E-state index contributed by atoms with van der Waals surface area (Å²) in [6, 6.07) is 0. The fourth-order valence-electron chi connectivity index (χ4n) is 1.51. The molecular formula is C9H18N2O2. The van der Waals surface area contributed by atoms with Crippen LogP contribution in [0.25, 0.3) is 0 Å². The van der Waals surface area contributed by atoms with Crippen LogP contribution in [0.1, 0.15) is 39.5 Å². The largest absolute Gasteiger partial charge is 0.317 e. The average molecular weight is 186 g/mol. The summed E-state index contributed by atoms with van der Waals surface area (Å²) < 4.78 is 0. The highest BCUT2D eigenvalue weighted by molar-refractivity contribution is 5.85. The van der Waals surface area contributed by atoms with Gasteiger partial charge in [-0.2, -0.15) is 0 Å². The van der Waals surface area contributed by atoms with Gasteiger partial charge >= 0.3 is 0 Å². The molecule has 1 saturated carbocycles. The molecule has 0 saturated heterocycles. The second-order valence-electron chi connectivity index (χ2n) is 3.96. The van der Waals surface area contributed by atoms with Gasteiger partial charge in [0.1, 0.15) is 0 Å². The highest BCUT2D eigenvalue weighted by Gasteiger charge is 2.37. The molecule has 76 valence electrons. The van der Waals surface area contributed by atoms with Crippen LogP contribution in [0.2, 0.25) is 0 Å². The van der Waals surface area contributed by atoms with E-state index >= 15 is 0 Å². The molecule has 4 nitrogen and oxygen atoms in total. The summed E-state index contributed by atoms with van der Waals surface area (Å²) in [7, 11) is 0. The molecule has 3 N–H and O–H groups in total. The number of nitrogens with one attached hydrogen (secondary N) is 1. The van der Waals surface area contributed by atoms with E-state index < -0.39 is 5.54 Å². The maximum absolute atomic E-state index is 11.5. The standard InChI is InChI=1S/C9H18N2O2/c1-7(2)13-11-8(12)9(10)5-3-4-6-9/h7H,3-6,10H2,1-2H3,(H,11,12). The van der Waals surface area contributed by atoms with Crippen molar-refractivity contribution in [3.63, 3.8) is 0 Å². The molecule has 0 aliphatic heterocycles. The van der Waals surface area contributed by atoms with Gasteiger partial charge in [0.05, 0.1) is 11.6 Å². The second-order valence-corrected chi connectivity index (χ2v) is 3.96. The predicted molar refractivity (Wildman–Crippen MR) is 49.8 cm³/mol. The molecule has 0 radical (unpaired) electrons. The van der Waals surface area contributed by atoms with E-state index in [1.807, 2.05) is 13.8 Å². The van der Waals surface area contributed by atoms with Crippen molar-refractivity contribution in [2.24, 2.45) is 5.73 Å². The highest BCUT2D eigenvalue weighted by atomic mass is 16.7. The van der Waals surface area contributed by atoms with Gasteiger partial charge in [0, 0.05) is 0 Å². The number of hydrogen-bond donors (Lipinski definition) is 2. The van der Waals surface area contributed by atoms with Crippen LogP contribution in [0.3, 0.4) is 0 Å². The van der Waals surface area contributed by atoms with E-state index in [9.17, 15) is 4.79 Å². The van der Waals surface area contributed by atoms with Crippen molar-refractivity contribution in [1.82, 2.24) is 5.48 Å². The van der Waals surface area contributed by atoms with Gasteiger partial charge < -0.3 is 5.73 Å². The van der Waals surface area contributed by atoms with Crippen LogP contribution in [0.15, 0.2) is 0 Å². The van der Waals surface area contributed by atoms with E-state index in [0.717, 1.165) is 25.7 Å². The number of nitrogens with two attached hydrogens (primary N) is 1. The molecule has 0 aromatic heterocycles. The summed E-state index contributed by atoms with van der Waals surface area (Å²) in [6.45, 7) is 3.72. The Hall–Kier alpha value is -0.610. The Bertz CT molecular complexity index is 186. The molecule has 0 heterocycles. The van der Waals surface area contributed by atoms with E-state index in [-0.39, 0.29) is 12.0 Å². The van der Waals surface area contributed by atoms with Crippen LogP contribution < -0.4 is 11.2 Å². The van der Waals surface area contributed by atoms with E-state index in [4.69, 9.17) is 10.6 Å². The summed E-state index contributed by atoms with van der Waals surface area (Å²) >= 11 is 0. The van der Waals surface area contributed by atoms with Crippen molar-refractivity contribution in [2.45, 2.75) is 51.2 Å². The minimum atomic E-state index is -0.686. The molecule has 13 heavy (non-hydrogen) atoms. The number of carbonyl (C=O) groups is 1. The number of carbonyl (C=O) groups excluding carboxylic acids is 1. The predicted octanol–water partition coefficient (Wildman–Crippen LogP) is 0.714. The minimum absolute atomic E-state index is 0.00560. The van der Waals surface area contributed by atoms with Gasteiger partial charge in [-0.1, -0.05) is 12.8 Å². The molecule has 0 aromatic carbocycles. The molecule has 0 bridgehead atoms. The van der Waals surface area contributed by atoms with E-state index in [0.29, 0.717) is 0 Å². The van der Waals surface area contributed by atoms with Gasteiger partial charge in [0.2, 0.25) is 0 Å². The fourth-order valence-corrected chi connectivity index (χ4v) is 1.51. The van der Waals surface area contributed by atoms with Gasteiger partial charge in [-0.3, -0.25) is 9.63 Å². The first-order valence-corrected chi connectivity index (χ1v) is 4.79. The van der Waals surface area contributed by atoms with Crippen LogP contribution in [0.4, 0.5) is 0 Å². The van der Waals surface area contributed by atoms with Crippen LogP contribution in [-0.2, 0) is 9.63 Å². The van der Waals surface area contributed by atoms with Gasteiger partial charge in [-0.25, -0.2) is 5.48 Å². The van der Waals surface area contributed by atoms with Gasteiger partial charge in [-0.15, -0.1) is 0 Å². The lowest BCUT2D eigenvalue weighted by Crippen LogP contribution is -2.52. The van der Waals surface area contributed by atoms with Crippen molar-refractivity contribution in [3.8, 4) is 0 Å². The smallest absolute Gasteiger partial charge is 0.263 e. The Morgan fingerprint density at radius 1 is 1.46 bits per heavy atom. The lowest BCUT2D eigenvalue weighted by atomic mass is 9.99. The maximum atomic E-state index is 11.5. The zero-order chi connectivity index (χ0) is 9.90. The number of amides is 1. The summed E-state index contributed by atoms with van der Waals surface area (Å²) in [4.78, 5) is 16.5. The zero-order valence-corrected chi connectivity index (χ0v) is 8.30. The average Bonchev–Trinajstić information content (AvgIpc) is 2.49. The molecule has 4 heteroatoms. The summed E-state index contributed by atoms with van der Waals surface area (Å²) in [5.41, 5.74) is 7.61. The van der Waals surface area contributed by atoms with Crippen LogP contribution in [0.5, 0.6) is 0 Å². The van der Waals surface area contributed by atoms with Gasteiger partial charge in [-0.05, 0) is 26.7 Å². The first-order chi connectivity index (χ1) is 6.04. The van der Waals surface area contributed by atoms with Crippen molar-refractivity contribution in [3.05, 3.63) is 0 Å². The van der Waals surface area contributed by atoms with Crippen molar-refractivity contribution < 1.29 is 9.63 Å². The third kappa shape index (κ3) is 2.67. The third-order valence-corrected chi connectivity index (χ3v) is 2.34. The third-order valence-electron chi connectivity index (χ3n) is 2.34. The molecule has 1 rings (SSSR count). The lowest BCUT2D eigenvalue weighted by Gasteiger charge is -2.22. The van der Waals surface area contributed by atoms with E-state index in [1.54, 1.807) is 0 Å². The van der Waals surface area contributed by atoms with Crippen LogP contribution >= 0.6 is 0 Å². The topological polar surface area (TPSA) is 64.3 Å². The second kappa shape index (κ2) is 4.07. The Morgan fingerprint density at radius 2 is 2.00 bits per heavy atom. The van der Waals surface area contributed by atoms with Crippen molar-refractivity contribution in [2.75, 3.05) is 0 Å². The van der Waals surface area contributed by atoms with Gasteiger partial charge in [0.15, 0.2) is 0 Å². The molecule has 0 unspecified atom stereocenters. The van der Waals surface area contributed by atoms with Crippen LogP contribution in [-0.4, -0.2) is 17.6 Å². The van der Waals surface area contributed by atoms with E-state index in [2.05, 4.69) is 5.48 Å². The minimum Gasteiger partial charge on any atom is -0.317 e. The Morgan fingerprint density at radius 3 is 2.46 bits per heavy atom. The van der Waals surface area contributed by atoms with Crippen molar-refractivity contribution in [1.29, 1.82) is 0 Å². The monoisotopic (exact) mass is 186 g/mol. The molecule has 1 fully saturated rings. The summed E-state index contributed by atoms with van der Waals surface area (Å²) in [5, 5.41) is 0. The Balaban J connectivity index is 2.38. The lowest BCUT2D eigenvalue weighted by molar-refractivity contribution is -0.142. The normalized spacial score (nSPS) is 20.6. The highest BCUT2D eigenvalue weighted by Crippen LogP contribution is 2.27. The number of hydroxylamine groups is 1. The Kier molecular flexibility index (Phi) is 3.27. The molecule has 0 spiro atoms. The fraction of sp³-hybridized carbons (Fsp3) is 0.889. The summed E-state index contributed by atoms with van der Waals surface area (Å²) in [5.74, 6) is -0.182. The number of hydrogen-bond acceptors (Lipinski definition) is 3. The SMILES string of the molecule is CC(C)ONC(=O)C1(N)CCCC1. The molecule has 1 aliphatic carbocycles. The van der Waals surface area contributed by atoms with Crippen molar-refractivity contribution >= 4 is 5.91 Å².